The van der Waals surface area contributed by atoms with Gasteiger partial charge >= 0.3 is 0 Å². The molecule has 0 aliphatic carbocycles. The molecule has 0 unspecified atom stereocenters. The number of nitrogens with zero attached hydrogens (tertiary/aromatic N) is 4. The summed E-state index contributed by atoms with van der Waals surface area (Å²) in [5, 5.41) is 4.77. The van der Waals surface area contributed by atoms with Crippen molar-refractivity contribution in [2.24, 2.45) is 0 Å². The summed E-state index contributed by atoms with van der Waals surface area (Å²) < 4.78 is 0. The molecule has 0 aliphatic heterocycles. The third kappa shape index (κ3) is 2.80. The Morgan fingerprint density at radius 2 is 2.33 bits per heavy atom. The molecule has 0 radical (unpaired) electrons. The van der Waals surface area contributed by atoms with E-state index in [2.05, 4.69) is 20.3 Å². The molecule has 2 aromatic heterocycles. The van der Waals surface area contributed by atoms with E-state index in [-0.39, 0.29) is 5.91 Å². The number of nitrogens with one attached hydrogen (secondary N) is 1. The van der Waals surface area contributed by atoms with Gasteiger partial charge in [-0.3, -0.25) is 9.78 Å². The topological polar surface area (TPSA) is 71.0 Å². The summed E-state index contributed by atoms with van der Waals surface area (Å²) in [5.74, 6) is 0.399. The molecule has 2 aromatic rings. The molecule has 0 aromatic carbocycles. The molecule has 0 aliphatic rings. The van der Waals surface area contributed by atoms with Crippen molar-refractivity contribution in [3.63, 3.8) is 0 Å². The second-order valence-corrected chi connectivity index (χ2v) is 4.40. The molecule has 2 rings (SSSR count). The highest BCUT2D eigenvalue weighted by atomic mass is 32.1. The Kier molecular flexibility index (Phi) is 3.83. The molecule has 1 N–H and O–H groups in total. The number of thiazole rings is 1. The van der Waals surface area contributed by atoms with Crippen LogP contribution in [-0.4, -0.2) is 39.9 Å². The summed E-state index contributed by atoms with van der Waals surface area (Å²) in [7, 11) is 3.45. The normalized spacial score (nSPS) is 10.1. The fourth-order valence-corrected chi connectivity index (χ4v) is 1.97. The highest BCUT2D eigenvalue weighted by Crippen LogP contribution is 2.08. The first-order valence-electron chi connectivity index (χ1n) is 5.33. The first-order valence-corrected chi connectivity index (χ1v) is 6.27. The van der Waals surface area contributed by atoms with Crippen LogP contribution in [0.1, 0.15) is 16.2 Å². The van der Waals surface area contributed by atoms with E-state index in [1.165, 1.54) is 17.5 Å². The van der Waals surface area contributed by atoms with Gasteiger partial charge in [0.25, 0.3) is 5.91 Å². The lowest BCUT2D eigenvalue weighted by Gasteiger charge is -2.15. The van der Waals surface area contributed by atoms with Crippen LogP contribution in [0.25, 0.3) is 0 Å². The minimum Gasteiger partial charge on any atom is -0.372 e. The van der Waals surface area contributed by atoms with Crippen LogP contribution in [0.3, 0.4) is 0 Å². The fourth-order valence-electron chi connectivity index (χ4n) is 1.42. The number of amides is 1. The van der Waals surface area contributed by atoms with Crippen LogP contribution in [-0.2, 0) is 6.54 Å². The number of hydrogen-bond donors (Lipinski definition) is 1. The highest BCUT2D eigenvalue weighted by molar-refractivity contribution is 7.07. The standard InChI is InChI=1S/C11H13N5OS/c1-12-10-4-13-3-9(15-10)11(17)16(2)5-8-6-18-7-14-8/h3-4,6-7H,5H2,1-2H3,(H,12,15). The number of hydrogen-bond acceptors (Lipinski definition) is 6. The zero-order valence-corrected chi connectivity index (χ0v) is 10.9. The average molecular weight is 263 g/mol. The van der Waals surface area contributed by atoms with E-state index >= 15 is 0 Å². The maximum absolute atomic E-state index is 12.1. The highest BCUT2D eigenvalue weighted by Gasteiger charge is 2.15. The Hall–Kier alpha value is -2.02. The summed E-state index contributed by atoms with van der Waals surface area (Å²) in [6.07, 6.45) is 3.03. The van der Waals surface area contributed by atoms with Gasteiger partial charge in [-0.15, -0.1) is 11.3 Å². The Balaban J connectivity index is 2.10. The van der Waals surface area contributed by atoms with Gasteiger partial charge in [-0.25, -0.2) is 9.97 Å². The molecule has 6 nitrogen and oxygen atoms in total. The van der Waals surface area contributed by atoms with Gasteiger partial charge in [-0.1, -0.05) is 0 Å². The maximum atomic E-state index is 12.1. The Labute approximate surface area is 109 Å². The third-order valence-corrected chi connectivity index (χ3v) is 2.97. The van der Waals surface area contributed by atoms with Gasteiger partial charge in [0, 0.05) is 19.5 Å². The van der Waals surface area contributed by atoms with Gasteiger partial charge in [0.05, 0.1) is 30.1 Å². The molecule has 94 valence electrons. The first kappa shape index (κ1) is 12.4. The SMILES string of the molecule is CNc1cncc(C(=O)N(C)Cc2cscn2)n1. The average Bonchev–Trinajstić information content (AvgIpc) is 2.90. The molecule has 18 heavy (non-hydrogen) atoms. The van der Waals surface area contributed by atoms with Crippen molar-refractivity contribution in [2.75, 3.05) is 19.4 Å². The van der Waals surface area contributed by atoms with Crippen LogP contribution in [0.4, 0.5) is 5.82 Å². The van der Waals surface area contributed by atoms with E-state index in [9.17, 15) is 4.79 Å². The minimum atomic E-state index is -0.174. The second-order valence-electron chi connectivity index (χ2n) is 3.68. The van der Waals surface area contributed by atoms with Gasteiger partial charge in [0.2, 0.25) is 0 Å². The van der Waals surface area contributed by atoms with Crippen molar-refractivity contribution in [1.29, 1.82) is 0 Å². The fraction of sp³-hybridized carbons (Fsp3) is 0.273. The smallest absolute Gasteiger partial charge is 0.274 e. The zero-order chi connectivity index (χ0) is 13.0. The van der Waals surface area contributed by atoms with Crippen LogP contribution < -0.4 is 5.32 Å². The maximum Gasteiger partial charge on any atom is 0.274 e. The van der Waals surface area contributed by atoms with Crippen LogP contribution in [0.15, 0.2) is 23.3 Å². The summed E-state index contributed by atoms with van der Waals surface area (Å²) in [5.41, 5.74) is 2.93. The lowest BCUT2D eigenvalue weighted by atomic mass is 10.3. The molecule has 0 bridgehead atoms. The van der Waals surface area contributed by atoms with Crippen molar-refractivity contribution >= 4 is 23.1 Å². The number of rotatable bonds is 4. The Morgan fingerprint density at radius 3 is 3.00 bits per heavy atom. The molecule has 2 heterocycles. The van der Waals surface area contributed by atoms with Gasteiger partial charge in [0.1, 0.15) is 11.5 Å². The Bertz CT molecular complexity index is 528. The van der Waals surface area contributed by atoms with E-state index in [0.717, 1.165) is 5.69 Å². The first-order chi connectivity index (χ1) is 8.70. The summed E-state index contributed by atoms with van der Waals surface area (Å²) in [6.45, 7) is 0.466. The minimum absolute atomic E-state index is 0.174. The lowest BCUT2D eigenvalue weighted by molar-refractivity contribution is 0.0777. The Morgan fingerprint density at radius 1 is 1.50 bits per heavy atom. The van der Waals surface area contributed by atoms with E-state index in [1.54, 1.807) is 30.7 Å². The lowest BCUT2D eigenvalue weighted by Crippen LogP contribution is -2.27. The molecule has 0 spiro atoms. The van der Waals surface area contributed by atoms with Crippen LogP contribution in [0.5, 0.6) is 0 Å². The summed E-state index contributed by atoms with van der Waals surface area (Å²) >= 11 is 1.51. The van der Waals surface area contributed by atoms with Gasteiger partial charge < -0.3 is 10.2 Å². The number of anilines is 1. The molecule has 7 heteroatoms. The molecule has 0 atom stereocenters. The largest absolute Gasteiger partial charge is 0.372 e. The van der Waals surface area contributed by atoms with Gasteiger partial charge in [-0.05, 0) is 0 Å². The second kappa shape index (κ2) is 5.54. The predicted octanol–water partition coefficient (Wildman–Crippen LogP) is 1.25. The monoisotopic (exact) mass is 263 g/mol. The zero-order valence-electron chi connectivity index (χ0n) is 10.1. The van der Waals surface area contributed by atoms with Crippen molar-refractivity contribution in [3.8, 4) is 0 Å². The molecule has 0 saturated heterocycles. The van der Waals surface area contributed by atoms with Crippen LogP contribution in [0.2, 0.25) is 0 Å². The van der Waals surface area contributed by atoms with Crippen molar-refractivity contribution in [2.45, 2.75) is 6.54 Å². The van der Waals surface area contributed by atoms with Gasteiger partial charge in [0.15, 0.2) is 0 Å². The molecule has 0 saturated carbocycles. The van der Waals surface area contributed by atoms with Crippen molar-refractivity contribution in [3.05, 3.63) is 34.7 Å². The van der Waals surface area contributed by atoms with E-state index in [1.807, 2.05) is 5.38 Å². The third-order valence-electron chi connectivity index (χ3n) is 2.34. The quantitative estimate of drug-likeness (QED) is 0.898. The van der Waals surface area contributed by atoms with E-state index in [4.69, 9.17) is 0 Å². The van der Waals surface area contributed by atoms with Gasteiger partial charge in [-0.2, -0.15) is 0 Å². The summed E-state index contributed by atoms with van der Waals surface area (Å²) in [6, 6.07) is 0. The number of carbonyl (C=O) groups excluding carboxylic acids is 1. The molecule has 0 fully saturated rings. The van der Waals surface area contributed by atoms with Crippen LogP contribution in [0, 0.1) is 0 Å². The predicted molar refractivity (Wildman–Crippen MR) is 69.5 cm³/mol. The van der Waals surface area contributed by atoms with Crippen molar-refractivity contribution < 1.29 is 4.79 Å². The molecular weight excluding hydrogens is 250 g/mol. The van der Waals surface area contributed by atoms with Crippen molar-refractivity contribution in [1.82, 2.24) is 19.9 Å². The van der Waals surface area contributed by atoms with Crippen LogP contribution >= 0.6 is 11.3 Å². The van der Waals surface area contributed by atoms with E-state index < -0.39 is 0 Å². The number of aromatic nitrogens is 3. The number of carbonyl (C=O) groups is 1. The molecule has 1 amide bonds. The molecular formula is C11H13N5OS. The van der Waals surface area contributed by atoms with E-state index in [0.29, 0.717) is 18.1 Å². The summed E-state index contributed by atoms with van der Waals surface area (Å²) in [4.78, 5) is 25.9.